The molecule has 0 bridgehead atoms. The van der Waals surface area contributed by atoms with Crippen LogP contribution in [0.2, 0.25) is 0 Å². The lowest BCUT2D eigenvalue weighted by atomic mass is 10.4. The van der Waals surface area contributed by atoms with Crippen LogP contribution in [0.1, 0.15) is 67.2 Å². The van der Waals surface area contributed by atoms with Crippen molar-refractivity contribution in [3.8, 4) is 0 Å². The van der Waals surface area contributed by atoms with E-state index in [0.717, 1.165) is 32.3 Å². The zero-order valence-corrected chi connectivity index (χ0v) is 16.7. The molecular weight excluding hydrogens is 328 g/mol. The number of esters is 3. The Balaban J connectivity index is -0.000000306. The fourth-order valence-electron chi connectivity index (χ4n) is 1.16. The lowest BCUT2D eigenvalue weighted by molar-refractivity contribution is -0.143. The molecule has 0 unspecified atom stereocenters. The van der Waals surface area contributed by atoms with Gasteiger partial charge in [0, 0.05) is 27.4 Å². The Bertz CT molecular complexity index is 317. The molecular formula is C18H36O7. The van der Waals surface area contributed by atoms with E-state index in [1.54, 1.807) is 6.92 Å². The summed E-state index contributed by atoms with van der Waals surface area (Å²) in [5.41, 5.74) is 0. The number of carbonyl (C=O) groups excluding carboxylic acids is 3. The molecule has 0 rings (SSSR count). The molecule has 0 aromatic carbocycles. The highest BCUT2D eigenvalue weighted by Crippen LogP contribution is 1.88. The second-order valence-corrected chi connectivity index (χ2v) is 4.92. The third-order valence-electron chi connectivity index (χ3n) is 2.33. The van der Waals surface area contributed by atoms with E-state index >= 15 is 0 Å². The van der Waals surface area contributed by atoms with Crippen LogP contribution in [0.25, 0.3) is 0 Å². The number of hydrogen-bond donors (Lipinski definition) is 0. The molecule has 0 atom stereocenters. The fourth-order valence-corrected chi connectivity index (χ4v) is 1.16. The predicted octanol–water partition coefficient (Wildman–Crippen LogP) is 3.29. The van der Waals surface area contributed by atoms with E-state index in [9.17, 15) is 14.4 Å². The second-order valence-electron chi connectivity index (χ2n) is 4.92. The Labute approximate surface area is 152 Å². The minimum absolute atomic E-state index is 0.182. The Hall–Kier alpha value is -1.63. The first-order valence-electron chi connectivity index (χ1n) is 8.79. The molecule has 0 aromatic heterocycles. The minimum atomic E-state index is -0.246. The summed E-state index contributed by atoms with van der Waals surface area (Å²) in [6, 6.07) is 0. The molecule has 0 saturated heterocycles. The quantitative estimate of drug-likeness (QED) is 0.334. The lowest BCUT2D eigenvalue weighted by Crippen LogP contribution is -2.07. The number of unbranched alkanes of at least 4 members (excludes halogenated alkanes) is 2. The molecule has 25 heavy (non-hydrogen) atoms. The zero-order chi connectivity index (χ0) is 19.9. The Kier molecular flexibility index (Phi) is 27.8. The van der Waals surface area contributed by atoms with Gasteiger partial charge in [0.25, 0.3) is 0 Å². The van der Waals surface area contributed by atoms with Gasteiger partial charge in [0.05, 0.1) is 19.8 Å². The molecule has 7 heteroatoms. The molecule has 7 nitrogen and oxygen atoms in total. The summed E-state index contributed by atoms with van der Waals surface area (Å²) in [5.74, 6) is -0.639. The van der Waals surface area contributed by atoms with E-state index < -0.39 is 0 Å². The maximum Gasteiger partial charge on any atom is 0.302 e. The van der Waals surface area contributed by atoms with Gasteiger partial charge >= 0.3 is 17.9 Å². The summed E-state index contributed by atoms with van der Waals surface area (Å²) in [4.78, 5) is 30.2. The highest BCUT2D eigenvalue weighted by atomic mass is 16.6. The molecule has 0 aliphatic carbocycles. The molecule has 0 amide bonds. The molecule has 0 fully saturated rings. The van der Waals surface area contributed by atoms with E-state index in [1.807, 2.05) is 0 Å². The van der Waals surface area contributed by atoms with Crippen molar-refractivity contribution in [1.29, 1.82) is 0 Å². The van der Waals surface area contributed by atoms with Crippen molar-refractivity contribution in [2.24, 2.45) is 0 Å². The van der Waals surface area contributed by atoms with Crippen LogP contribution in [0.3, 0.4) is 0 Å². The van der Waals surface area contributed by atoms with E-state index in [0.29, 0.717) is 26.4 Å². The summed E-state index contributed by atoms with van der Waals surface area (Å²) >= 11 is 0. The zero-order valence-electron chi connectivity index (χ0n) is 16.7. The Morgan fingerprint density at radius 2 is 1.04 bits per heavy atom. The largest absolute Gasteiger partial charge is 0.466 e. The van der Waals surface area contributed by atoms with Crippen LogP contribution in [0.4, 0.5) is 0 Å². The SMILES string of the molecule is CCCCOC(C)=O.CCCCOCCOC(C)=O.CCOC(C)=O. The monoisotopic (exact) mass is 364 g/mol. The highest BCUT2D eigenvalue weighted by Gasteiger charge is 1.91. The van der Waals surface area contributed by atoms with Crippen molar-refractivity contribution in [2.45, 2.75) is 67.2 Å². The van der Waals surface area contributed by atoms with Crippen LogP contribution in [-0.4, -0.2) is 50.9 Å². The van der Waals surface area contributed by atoms with Gasteiger partial charge in [-0.15, -0.1) is 0 Å². The molecule has 0 N–H and O–H groups in total. The van der Waals surface area contributed by atoms with Crippen molar-refractivity contribution in [2.75, 3.05) is 33.0 Å². The number of hydrogen-bond acceptors (Lipinski definition) is 7. The van der Waals surface area contributed by atoms with Gasteiger partial charge in [-0.1, -0.05) is 26.7 Å². The van der Waals surface area contributed by atoms with Crippen LogP contribution < -0.4 is 0 Å². The van der Waals surface area contributed by atoms with Gasteiger partial charge in [0.15, 0.2) is 0 Å². The van der Waals surface area contributed by atoms with Crippen molar-refractivity contribution >= 4 is 17.9 Å². The minimum Gasteiger partial charge on any atom is -0.466 e. The first kappa shape index (κ1) is 28.2. The molecule has 0 radical (unpaired) electrons. The van der Waals surface area contributed by atoms with Gasteiger partial charge < -0.3 is 18.9 Å². The van der Waals surface area contributed by atoms with Crippen molar-refractivity contribution in [3.63, 3.8) is 0 Å². The summed E-state index contributed by atoms with van der Waals surface area (Å²) in [7, 11) is 0. The summed E-state index contributed by atoms with van der Waals surface area (Å²) in [6.07, 6.45) is 4.25. The number of carbonyl (C=O) groups is 3. The van der Waals surface area contributed by atoms with Crippen LogP contribution in [0.5, 0.6) is 0 Å². The molecule has 0 aromatic rings. The van der Waals surface area contributed by atoms with Gasteiger partial charge in [0.2, 0.25) is 0 Å². The van der Waals surface area contributed by atoms with Gasteiger partial charge in [-0.2, -0.15) is 0 Å². The fraction of sp³-hybridized carbons (Fsp3) is 0.833. The molecule has 0 aliphatic rings. The van der Waals surface area contributed by atoms with E-state index in [1.165, 1.54) is 20.8 Å². The van der Waals surface area contributed by atoms with E-state index in [2.05, 4.69) is 28.1 Å². The Morgan fingerprint density at radius 1 is 0.600 bits per heavy atom. The topological polar surface area (TPSA) is 88.1 Å². The lowest BCUT2D eigenvalue weighted by Gasteiger charge is -2.02. The predicted molar refractivity (Wildman–Crippen MR) is 96.2 cm³/mol. The maximum absolute atomic E-state index is 10.3. The van der Waals surface area contributed by atoms with Crippen molar-refractivity contribution in [3.05, 3.63) is 0 Å². The molecule has 0 heterocycles. The van der Waals surface area contributed by atoms with Crippen LogP contribution in [-0.2, 0) is 33.3 Å². The summed E-state index contributed by atoms with van der Waals surface area (Å²) < 4.78 is 18.9. The summed E-state index contributed by atoms with van der Waals surface area (Å²) in [5, 5.41) is 0. The molecule has 0 spiro atoms. The normalized spacial score (nSPS) is 8.88. The Morgan fingerprint density at radius 3 is 1.40 bits per heavy atom. The molecule has 0 saturated carbocycles. The van der Waals surface area contributed by atoms with Gasteiger partial charge in [-0.3, -0.25) is 14.4 Å². The van der Waals surface area contributed by atoms with Gasteiger partial charge in [0.1, 0.15) is 6.61 Å². The number of ether oxygens (including phenoxy) is 4. The van der Waals surface area contributed by atoms with Crippen LogP contribution in [0, 0.1) is 0 Å². The standard InChI is InChI=1S/C8H16O3.C6H12O2.C4H8O2/c1-3-4-5-10-6-7-11-8(2)9;1-3-4-5-8-6(2)7;1-3-6-4(2)5/h3-7H2,1-2H3;3-5H2,1-2H3;3H2,1-2H3. The number of rotatable bonds is 10. The maximum atomic E-state index is 10.3. The first-order valence-corrected chi connectivity index (χ1v) is 8.79. The van der Waals surface area contributed by atoms with Crippen LogP contribution >= 0.6 is 0 Å². The van der Waals surface area contributed by atoms with Gasteiger partial charge in [-0.05, 0) is 19.8 Å². The van der Waals surface area contributed by atoms with Crippen LogP contribution in [0.15, 0.2) is 0 Å². The first-order chi connectivity index (χ1) is 11.8. The smallest absolute Gasteiger partial charge is 0.302 e. The average molecular weight is 364 g/mol. The van der Waals surface area contributed by atoms with Crippen molar-refractivity contribution in [1.82, 2.24) is 0 Å². The third kappa shape index (κ3) is 45.0. The average Bonchev–Trinajstić information content (AvgIpc) is 2.51. The van der Waals surface area contributed by atoms with E-state index in [-0.39, 0.29) is 17.9 Å². The molecule has 150 valence electrons. The van der Waals surface area contributed by atoms with Crippen molar-refractivity contribution < 1.29 is 33.3 Å². The van der Waals surface area contributed by atoms with E-state index in [4.69, 9.17) is 4.74 Å². The third-order valence-corrected chi connectivity index (χ3v) is 2.33. The van der Waals surface area contributed by atoms with Gasteiger partial charge in [-0.25, -0.2) is 0 Å². The highest BCUT2D eigenvalue weighted by molar-refractivity contribution is 5.66. The second kappa shape index (κ2) is 24.6. The molecule has 0 aliphatic heterocycles. The summed E-state index contributed by atoms with van der Waals surface area (Å²) in [6.45, 7) is 12.9.